The number of nitrogens with zero attached hydrogens (tertiary/aromatic N) is 2. The van der Waals surface area contributed by atoms with Crippen LogP contribution in [0.3, 0.4) is 0 Å². The number of benzene rings is 1. The zero-order valence-electron chi connectivity index (χ0n) is 15.2. The monoisotopic (exact) mass is 387 g/mol. The number of carbonyl (C=O) groups is 3. The van der Waals surface area contributed by atoms with Crippen LogP contribution in [0.15, 0.2) is 24.3 Å². The highest BCUT2D eigenvalue weighted by Crippen LogP contribution is 2.30. The van der Waals surface area contributed by atoms with Crippen molar-refractivity contribution in [2.75, 3.05) is 24.8 Å². The largest absolute Gasteiger partial charge is 0.493 e. The van der Waals surface area contributed by atoms with Gasteiger partial charge in [-0.05, 0) is 25.0 Å². The molecule has 3 amide bonds. The molecule has 3 rings (SSSR count). The fraction of sp³-hybridized carbons (Fsp3) is 0.278. The van der Waals surface area contributed by atoms with E-state index in [9.17, 15) is 18.8 Å². The number of halogens is 1. The zero-order valence-corrected chi connectivity index (χ0v) is 15.2. The molecule has 10 heteroatoms. The van der Waals surface area contributed by atoms with Gasteiger partial charge in [0.2, 0.25) is 5.91 Å². The second-order valence-electron chi connectivity index (χ2n) is 6.11. The molecule has 0 unspecified atom stereocenters. The number of hydrogen-bond acceptors (Lipinski definition) is 6. The van der Waals surface area contributed by atoms with Gasteiger partial charge in [0.25, 0.3) is 11.8 Å². The summed E-state index contributed by atoms with van der Waals surface area (Å²) in [5.74, 6) is -2.41. The van der Waals surface area contributed by atoms with Gasteiger partial charge >= 0.3 is 0 Å². The highest BCUT2D eigenvalue weighted by molar-refractivity contribution is 6.10. The lowest BCUT2D eigenvalue weighted by Gasteiger charge is -2.13. The first-order chi connectivity index (χ1) is 13.4. The van der Waals surface area contributed by atoms with Crippen LogP contribution in [0.5, 0.6) is 5.75 Å². The molecule has 1 aliphatic rings. The van der Waals surface area contributed by atoms with Gasteiger partial charge in [-0.15, -0.1) is 10.2 Å². The summed E-state index contributed by atoms with van der Waals surface area (Å²) < 4.78 is 18.8. The van der Waals surface area contributed by atoms with E-state index >= 15 is 0 Å². The van der Waals surface area contributed by atoms with Crippen LogP contribution in [0, 0.1) is 11.7 Å². The number of anilines is 2. The third kappa shape index (κ3) is 4.05. The van der Waals surface area contributed by atoms with E-state index < -0.39 is 17.6 Å². The van der Waals surface area contributed by atoms with Gasteiger partial charge in [0.05, 0.1) is 18.4 Å². The Balaban J connectivity index is 1.91. The van der Waals surface area contributed by atoms with E-state index in [-0.39, 0.29) is 40.3 Å². The number of hydrogen-bond donors (Lipinski definition) is 3. The van der Waals surface area contributed by atoms with Gasteiger partial charge in [-0.2, -0.15) is 0 Å². The SMILES string of the molecule is CNC(=O)c1nnc(NC(=O)C2CC2)cc1NC(=O)c1cccc(F)c1OC. The van der Waals surface area contributed by atoms with E-state index in [1.165, 1.54) is 32.4 Å². The van der Waals surface area contributed by atoms with Gasteiger partial charge in [-0.25, -0.2) is 4.39 Å². The summed E-state index contributed by atoms with van der Waals surface area (Å²) in [6.07, 6.45) is 1.61. The van der Waals surface area contributed by atoms with E-state index in [2.05, 4.69) is 26.1 Å². The Morgan fingerprint density at radius 2 is 1.89 bits per heavy atom. The molecular weight excluding hydrogens is 369 g/mol. The molecule has 0 radical (unpaired) electrons. The molecule has 0 spiro atoms. The maximum atomic E-state index is 13.9. The fourth-order valence-corrected chi connectivity index (χ4v) is 2.49. The Labute approximate surface area is 159 Å². The Bertz CT molecular complexity index is 946. The smallest absolute Gasteiger partial charge is 0.273 e. The van der Waals surface area contributed by atoms with Crippen LogP contribution in [0.4, 0.5) is 15.9 Å². The zero-order chi connectivity index (χ0) is 20.3. The molecule has 3 N–H and O–H groups in total. The first-order valence-corrected chi connectivity index (χ1v) is 8.49. The Morgan fingerprint density at radius 3 is 2.54 bits per heavy atom. The van der Waals surface area contributed by atoms with Gasteiger partial charge in [0.15, 0.2) is 23.1 Å². The molecule has 9 nitrogen and oxygen atoms in total. The molecule has 1 aliphatic carbocycles. The van der Waals surface area contributed by atoms with Crippen LogP contribution in [0.25, 0.3) is 0 Å². The van der Waals surface area contributed by atoms with E-state index in [0.29, 0.717) is 0 Å². The minimum absolute atomic E-state index is 0.0109. The number of aromatic nitrogens is 2. The topological polar surface area (TPSA) is 122 Å². The van der Waals surface area contributed by atoms with E-state index in [1.807, 2.05) is 0 Å². The van der Waals surface area contributed by atoms with Crippen LogP contribution in [0.2, 0.25) is 0 Å². The van der Waals surface area contributed by atoms with Gasteiger partial charge in [-0.1, -0.05) is 6.07 Å². The number of rotatable bonds is 6. The Morgan fingerprint density at radius 1 is 1.14 bits per heavy atom. The summed E-state index contributed by atoms with van der Waals surface area (Å²) in [6.45, 7) is 0. The van der Waals surface area contributed by atoms with E-state index in [0.717, 1.165) is 18.9 Å². The second kappa shape index (κ2) is 7.99. The van der Waals surface area contributed by atoms with Gasteiger partial charge in [0, 0.05) is 19.0 Å². The molecule has 1 saturated carbocycles. The van der Waals surface area contributed by atoms with Crippen molar-refractivity contribution in [1.82, 2.24) is 15.5 Å². The number of ether oxygens (including phenoxy) is 1. The van der Waals surface area contributed by atoms with Crippen molar-refractivity contribution < 1.29 is 23.5 Å². The molecule has 0 saturated heterocycles. The number of nitrogens with one attached hydrogen (secondary N) is 3. The van der Waals surface area contributed by atoms with Gasteiger partial charge in [0.1, 0.15) is 0 Å². The number of methoxy groups -OCH3 is 1. The van der Waals surface area contributed by atoms with Crippen molar-refractivity contribution in [3.8, 4) is 5.75 Å². The Hall–Kier alpha value is -3.56. The van der Waals surface area contributed by atoms with Gasteiger partial charge in [-0.3, -0.25) is 14.4 Å². The van der Waals surface area contributed by atoms with Crippen LogP contribution in [-0.2, 0) is 4.79 Å². The van der Waals surface area contributed by atoms with Crippen molar-refractivity contribution in [3.63, 3.8) is 0 Å². The van der Waals surface area contributed by atoms with Crippen molar-refractivity contribution in [2.45, 2.75) is 12.8 Å². The molecule has 1 aromatic carbocycles. The average Bonchev–Trinajstić information content (AvgIpc) is 3.52. The summed E-state index contributed by atoms with van der Waals surface area (Å²) >= 11 is 0. The second-order valence-corrected chi connectivity index (χ2v) is 6.11. The highest BCUT2D eigenvalue weighted by atomic mass is 19.1. The first kappa shape index (κ1) is 19.2. The molecule has 146 valence electrons. The summed E-state index contributed by atoms with van der Waals surface area (Å²) in [7, 11) is 2.64. The highest BCUT2D eigenvalue weighted by Gasteiger charge is 2.30. The van der Waals surface area contributed by atoms with Crippen LogP contribution >= 0.6 is 0 Å². The van der Waals surface area contributed by atoms with Crippen molar-refractivity contribution in [3.05, 3.63) is 41.3 Å². The number of para-hydroxylation sites is 1. The van der Waals surface area contributed by atoms with Crippen LogP contribution in [-0.4, -0.2) is 42.1 Å². The average molecular weight is 387 g/mol. The molecule has 0 atom stereocenters. The molecule has 1 fully saturated rings. The van der Waals surface area contributed by atoms with E-state index in [4.69, 9.17) is 4.74 Å². The summed E-state index contributed by atoms with van der Waals surface area (Å²) in [5.41, 5.74) is -0.210. The van der Waals surface area contributed by atoms with Crippen LogP contribution < -0.4 is 20.7 Å². The lowest BCUT2D eigenvalue weighted by molar-refractivity contribution is -0.117. The third-order valence-electron chi connectivity index (χ3n) is 4.10. The summed E-state index contributed by atoms with van der Waals surface area (Å²) in [4.78, 5) is 36.6. The van der Waals surface area contributed by atoms with Crippen LogP contribution in [0.1, 0.15) is 33.7 Å². The molecule has 0 aliphatic heterocycles. The lowest BCUT2D eigenvalue weighted by Crippen LogP contribution is -2.24. The van der Waals surface area contributed by atoms with Crippen molar-refractivity contribution in [1.29, 1.82) is 0 Å². The van der Waals surface area contributed by atoms with Gasteiger partial charge < -0.3 is 20.7 Å². The first-order valence-electron chi connectivity index (χ1n) is 8.49. The maximum Gasteiger partial charge on any atom is 0.273 e. The summed E-state index contributed by atoms with van der Waals surface area (Å²) in [5, 5.41) is 15.1. The minimum atomic E-state index is -0.714. The maximum absolute atomic E-state index is 13.9. The molecular formula is C18H18FN5O4. The third-order valence-corrected chi connectivity index (χ3v) is 4.10. The fourth-order valence-electron chi connectivity index (χ4n) is 2.49. The molecule has 2 aromatic rings. The summed E-state index contributed by atoms with van der Waals surface area (Å²) in [6, 6.07) is 5.21. The molecule has 0 bridgehead atoms. The predicted octanol–water partition coefficient (Wildman–Crippen LogP) is 1.58. The molecule has 1 heterocycles. The standard InChI is InChI=1S/C18H18FN5O4/c1-20-18(27)14-12(8-13(23-24-14)22-16(25)9-6-7-9)21-17(26)10-4-3-5-11(19)15(10)28-2/h3-5,8-9H,6-7H2,1-2H3,(H,20,27)(H2,21,22,23,25,26). The van der Waals surface area contributed by atoms with Crippen molar-refractivity contribution in [2.24, 2.45) is 5.92 Å². The predicted molar refractivity (Wildman–Crippen MR) is 97.7 cm³/mol. The van der Waals surface area contributed by atoms with Crippen molar-refractivity contribution >= 4 is 29.2 Å². The molecule has 28 heavy (non-hydrogen) atoms. The quantitative estimate of drug-likeness (QED) is 0.692. The minimum Gasteiger partial charge on any atom is -0.493 e. The normalized spacial score (nSPS) is 12.8. The molecule has 1 aromatic heterocycles. The Kier molecular flexibility index (Phi) is 5.48. The number of carbonyl (C=O) groups excluding carboxylic acids is 3. The number of amides is 3. The van der Waals surface area contributed by atoms with E-state index in [1.54, 1.807) is 0 Å². The lowest BCUT2D eigenvalue weighted by atomic mass is 10.1.